The summed E-state index contributed by atoms with van der Waals surface area (Å²) in [5, 5.41) is 0. The molecule has 0 aromatic carbocycles. The maximum absolute atomic E-state index is 9.19. The molecule has 0 heterocycles. The van der Waals surface area contributed by atoms with Gasteiger partial charge in [0.15, 0.2) is 0 Å². The lowest BCUT2D eigenvalue weighted by Crippen LogP contribution is -2.35. The van der Waals surface area contributed by atoms with Gasteiger partial charge in [0.1, 0.15) is 0 Å². The fourth-order valence-electron chi connectivity index (χ4n) is 4.17. The second kappa shape index (κ2) is 19.1. The molecule has 5 N–H and O–H groups in total. The fraction of sp³-hybridized carbons (Fsp3) is 1.00. The highest BCUT2D eigenvalue weighted by molar-refractivity contribution is 6.56. The largest absolute Gasteiger partial charge is 0.492 e. The smallest absolute Gasteiger partial charge is 0.390 e. The minimum absolute atomic E-state index is 0. The highest BCUT2D eigenvalue weighted by Crippen LogP contribution is 2.26. The van der Waals surface area contributed by atoms with Gasteiger partial charge in [0.2, 0.25) is 0 Å². The molecule has 0 bridgehead atoms. The van der Waals surface area contributed by atoms with Crippen LogP contribution in [0.15, 0.2) is 0 Å². The lowest BCUT2D eigenvalue weighted by atomic mass is 9.85. The maximum atomic E-state index is 9.19. The van der Waals surface area contributed by atoms with E-state index in [-0.39, 0.29) is 24.0 Å². The normalized spacial score (nSPS) is 13.3. The summed E-state index contributed by atoms with van der Waals surface area (Å²) in [7, 11) is -3.89. The van der Waals surface area contributed by atoms with Crippen LogP contribution in [0.25, 0.3) is 0 Å². The van der Waals surface area contributed by atoms with Crippen LogP contribution in [0.4, 0.5) is 0 Å². The number of hydrogen-bond donors (Lipinski definition) is 4. The highest BCUT2D eigenvalue weighted by Gasteiger charge is 2.27. The molecule has 0 aliphatic heterocycles. The van der Waals surface area contributed by atoms with Gasteiger partial charge < -0.3 is 20.1 Å². The molecule has 0 aliphatic carbocycles. The van der Waals surface area contributed by atoms with Crippen molar-refractivity contribution in [2.45, 2.75) is 142 Å². The molecule has 0 radical (unpaired) electrons. The Labute approximate surface area is 188 Å². The van der Waals surface area contributed by atoms with Gasteiger partial charge >= 0.3 is 8.80 Å². The zero-order valence-electron chi connectivity index (χ0n) is 19.6. The lowest BCUT2D eigenvalue weighted by molar-refractivity contribution is 0.223. The van der Waals surface area contributed by atoms with E-state index in [0.29, 0.717) is 12.3 Å². The summed E-state index contributed by atoms with van der Waals surface area (Å²) >= 11 is 0. The Balaban J connectivity index is 0. The van der Waals surface area contributed by atoms with E-state index in [1.807, 2.05) is 0 Å². The van der Waals surface area contributed by atoms with Crippen molar-refractivity contribution in [3.05, 3.63) is 0 Å². The standard InChI is InChI=1S/C23H51NO3Si.ClH/c1-4-5-6-7-8-9-10-11-12-13-14-15-16-18-22(21-23(2,3)24)19-17-20-28(25,26)27;/h22,25-27H,4-21,24H2,1-3H3;1H. The fourth-order valence-corrected chi connectivity index (χ4v) is 4.85. The summed E-state index contributed by atoms with van der Waals surface area (Å²) in [5.74, 6) is 0.518. The molecule has 0 saturated heterocycles. The van der Waals surface area contributed by atoms with Crippen LogP contribution in [-0.2, 0) is 0 Å². The molecule has 0 rings (SSSR count). The summed E-state index contributed by atoms with van der Waals surface area (Å²) in [6, 6.07) is 0.146. The topological polar surface area (TPSA) is 86.7 Å². The van der Waals surface area contributed by atoms with Crippen molar-refractivity contribution in [1.29, 1.82) is 0 Å². The number of unbranched alkanes of at least 4 members (excludes halogenated alkanes) is 12. The van der Waals surface area contributed by atoms with E-state index in [9.17, 15) is 14.4 Å². The van der Waals surface area contributed by atoms with Crippen LogP contribution in [0.2, 0.25) is 6.04 Å². The lowest BCUT2D eigenvalue weighted by Gasteiger charge is -2.26. The Bertz CT molecular complexity index is 346. The molecule has 0 amide bonds. The van der Waals surface area contributed by atoms with Crippen LogP contribution in [0, 0.1) is 5.92 Å². The first kappa shape index (κ1) is 31.5. The minimum atomic E-state index is -3.89. The second-order valence-electron chi connectivity index (χ2n) is 9.76. The quantitative estimate of drug-likeness (QED) is 0.128. The summed E-state index contributed by atoms with van der Waals surface area (Å²) < 4.78 is 0. The Hall–Kier alpha value is 0.347. The van der Waals surface area contributed by atoms with Crippen molar-refractivity contribution in [2.75, 3.05) is 0 Å². The third-order valence-corrected chi connectivity index (χ3v) is 6.68. The Morgan fingerprint density at radius 1 is 0.690 bits per heavy atom. The monoisotopic (exact) mass is 453 g/mol. The van der Waals surface area contributed by atoms with Crippen LogP contribution in [0.1, 0.15) is 130 Å². The molecule has 0 fully saturated rings. The number of hydrogen-bond acceptors (Lipinski definition) is 4. The summed E-state index contributed by atoms with van der Waals surface area (Å²) in [4.78, 5) is 27.6. The number of rotatable bonds is 20. The molecule has 1 atom stereocenters. The zero-order chi connectivity index (χ0) is 21.3. The average molecular weight is 454 g/mol. The van der Waals surface area contributed by atoms with Crippen molar-refractivity contribution in [1.82, 2.24) is 0 Å². The molecule has 0 aromatic rings. The van der Waals surface area contributed by atoms with Gasteiger partial charge in [0.05, 0.1) is 0 Å². The second-order valence-corrected chi connectivity index (χ2v) is 11.8. The minimum Gasteiger partial charge on any atom is -0.390 e. The van der Waals surface area contributed by atoms with Gasteiger partial charge in [-0.25, -0.2) is 0 Å². The van der Waals surface area contributed by atoms with Crippen molar-refractivity contribution in [3.63, 3.8) is 0 Å². The highest BCUT2D eigenvalue weighted by atomic mass is 35.5. The van der Waals surface area contributed by atoms with Gasteiger partial charge in [-0.2, -0.15) is 0 Å². The van der Waals surface area contributed by atoms with Gasteiger partial charge in [-0.05, 0) is 32.6 Å². The van der Waals surface area contributed by atoms with Crippen LogP contribution < -0.4 is 5.73 Å². The Kier molecular flexibility index (Phi) is 20.7. The maximum Gasteiger partial charge on any atom is 0.492 e. The molecule has 0 aromatic heterocycles. The summed E-state index contributed by atoms with van der Waals surface area (Å²) in [6.07, 6.45) is 21.5. The summed E-state index contributed by atoms with van der Waals surface area (Å²) in [6.45, 7) is 6.40. The van der Waals surface area contributed by atoms with Gasteiger partial charge in [0.25, 0.3) is 0 Å². The van der Waals surface area contributed by atoms with E-state index in [4.69, 9.17) is 5.73 Å². The van der Waals surface area contributed by atoms with Crippen LogP contribution in [-0.4, -0.2) is 28.7 Å². The van der Waals surface area contributed by atoms with Crippen molar-refractivity contribution < 1.29 is 14.4 Å². The molecule has 0 spiro atoms. The van der Waals surface area contributed by atoms with Gasteiger partial charge in [-0.15, -0.1) is 12.4 Å². The van der Waals surface area contributed by atoms with Crippen LogP contribution in [0.5, 0.6) is 0 Å². The van der Waals surface area contributed by atoms with Crippen molar-refractivity contribution in [3.8, 4) is 0 Å². The third kappa shape index (κ3) is 26.3. The zero-order valence-corrected chi connectivity index (χ0v) is 21.4. The molecule has 0 saturated carbocycles. The molecule has 29 heavy (non-hydrogen) atoms. The number of halogens is 1. The van der Waals surface area contributed by atoms with E-state index >= 15 is 0 Å². The summed E-state index contributed by atoms with van der Waals surface area (Å²) in [5.41, 5.74) is 6.01. The Morgan fingerprint density at radius 3 is 1.45 bits per heavy atom. The number of nitrogens with two attached hydrogens (primary N) is 1. The van der Waals surface area contributed by atoms with Crippen molar-refractivity contribution in [2.24, 2.45) is 11.7 Å². The van der Waals surface area contributed by atoms with Crippen LogP contribution in [0.3, 0.4) is 0 Å². The van der Waals surface area contributed by atoms with Gasteiger partial charge in [-0.1, -0.05) is 103 Å². The molecule has 0 aliphatic rings. The molecule has 6 heteroatoms. The van der Waals surface area contributed by atoms with E-state index in [1.54, 1.807) is 0 Å². The molecule has 1 unspecified atom stereocenters. The van der Waals surface area contributed by atoms with E-state index in [2.05, 4.69) is 20.8 Å². The third-order valence-electron chi connectivity index (χ3n) is 5.66. The van der Waals surface area contributed by atoms with Gasteiger partial charge in [0, 0.05) is 11.6 Å². The predicted molar refractivity (Wildman–Crippen MR) is 130 cm³/mol. The molecule has 4 nitrogen and oxygen atoms in total. The molecule has 178 valence electrons. The molecular weight excluding hydrogens is 402 g/mol. The first-order valence-corrected chi connectivity index (χ1v) is 14.1. The van der Waals surface area contributed by atoms with E-state index in [0.717, 1.165) is 19.3 Å². The van der Waals surface area contributed by atoms with Crippen LogP contribution >= 0.6 is 12.4 Å². The van der Waals surface area contributed by atoms with Crippen molar-refractivity contribution >= 4 is 21.2 Å². The first-order valence-electron chi connectivity index (χ1n) is 12.1. The molecular formula is C23H52ClNO3Si. The predicted octanol–water partition coefficient (Wildman–Crippen LogP) is 6.33. The SMILES string of the molecule is CCCCCCCCCCCCCCCC(CCC[Si](O)(O)O)CC(C)(C)N.Cl. The van der Waals surface area contributed by atoms with E-state index < -0.39 is 8.80 Å². The van der Waals surface area contributed by atoms with Gasteiger partial charge in [-0.3, -0.25) is 0 Å². The van der Waals surface area contributed by atoms with E-state index in [1.165, 1.54) is 83.5 Å². The Morgan fingerprint density at radius 2 is 1.07 bits per heavy atom. The first-order chi connectivity index (χ1) is 13.1. The average Bonchev–Trinajstić information content (AvgIpc) is 2.56.